The number of hydrogen-bond acceptors (Lipinski definition) is 1. The topological polar surface area (TPSA) is 26.0 Å². The van der Waals surface area contributed by atoms with Crippen molar-refractivity contribution < 1.29 is 0 Å². The van der Waals surface area contributed by atoms with E-state index >= 15 is 0 Å². The summed E-state index contributed by atoms with van der Waals surface area (Å²) in [6, 6.07) is 0.536. The van der Waals surface area contributed by atoms with E-state index in [9.17, 15) is 0 Å². The predicted octanol–water partition coefficient (Wildman–Crippen LogP) is 2.30. The summed E-state index contributed by atoms with van der Waals surface area (Å²) in [5, 5.41) is 0. The molecule has 0 atom stereocenters. The summed E-state index contributed by atoms with van der Waals surface area (Å²) in [5.74, 6) is 2.25. The maximum atomic E-state index is 5.94. The van der Waals surface area contributed by atoms with Gasteiger partial charge in [-0.1, -0.05) is 0 Å². The van der Waals surface area contributed by atoms with Gasteiger partial charge in [-0.15, -0.1) is 0 Å². The molecule has 0 aromatic carbocycles. The van der Waals surface area contributed by atoms with Gasteiger partial charge in [0, 0.05) is 6.04 Å². The zero-order valence-electron chi connectivity index (χ0n) is 7.76. The molecule has 0 heterocycles. The molecule has 1 nitrogen and oxygen atoms in total. The van der Waals surface area contributed by atoms with Gasteiger partial charge in [0.25, 0.3) is 0 Å². The molecule has 0 aromatic heterocycles. The molecule has 4 rings (SSSR count). The Morgan fingerprint density at radius 3 is 2.25 bits per heavy atom. The molecule has 0 radical (unpaired) electrons. The van der Waals surface area contributed by atoms with Crippen molar-refractivity contribution in [3.8, 4) is 0 Å². The quantitative estimate of drug-likeness (QED) is 0.585. The largest absolute Gasteiger partial charge is 0.328 e. The zero-order chi connectivity index (χ0) is 8.18. The highest BCUT2D eigenvalue weighted by Gasteiger charge is 2.55. The molecule has 0 saturated heterocycles. The van der Waals surface area contributed by atoms with E-state index in [0.717, 1.165) is 17.3 Å². The Bertz CT molecular complexity index is 185. The summed E-state index contributed by atoms with van der Waals surface area (Å²) in [5.41, 5.74) is 6.75. The summed E-state index contributed by atoms with van der Waals surface area (Å²) < 4.78 is 0. The standard InChI is InChI=1S/C11H19N/c12-10-1-3-11(4-2-10)7-8-5-9(11)6-8/h8-10H,1-7,12H2. The van der Waals surface area contributed by atoms with Gasteiger partial charge in [-0.2, -0.15) is 0 Å². The van der Waals surface area contributed by atoms with Crippen LogP contribution in [0.4, 0.5) is 0 Å². The molecule has 4 fully saturated rings. The second-order valence-corrected chi connectivity index (χ2v) is 5.44. The Balaban J connectivity index is 1.75. The molecule has 68 valence electrons. The average molecular weight is 165 g/mol. The Kier molecular flexibility index (Phi) is 1.39. The highest BCUT2D eigenvalue weighted by Crippen LogP contribution is 2.64. The van der Waals surface area contributed by atoms with Gasteiger partial charge in [-0.3, -0.25) is 0 Å². The number of hydrogen-bond donors (Lipinski definition) is 1. The molecule has 0 amide bonds. The van der Waals surface area contributed by atoms with E-state index in [4.69, 9.17) is 5.73 Å². The van der Waals surface area contributed by atoms with E-state index in [2.05, 4.69) is 0 Å². The first-order valence-electron chi connectivity index (χ1n) is 5.54. The van der Waals surface area contributed by atoms with E-state index in [1.54, 1.807) is 19.3 Å². The molecule has 1 heteroatoms. The minimum Gasteiger partial charge on any atom is -0.328 e. The van der Waals surface area contributed by atoms with E-state index < -0.39 is 0 Å². The Morgan fingerprint density at radius 2 is 1.75 bits per heavy atom. The minimum atomic E-state index is 0.536. The molecule has 0 unspecified atom stereocenters. The molecule has 1 spiro atoms. The fourth-order valence-electron chi connectivity index (χ4n) is 3.97. The minimum absolute atomic E-state index is 0.536. The molecule has 4 aliphatic carbocycles. The molecule has 2 N–H and O–H groups in total. The van der Waals surface area contributed by atoms with Crippen LogP contribution >= 0.6 is 0 Å². The van der Waals surface area contributed by atoms with Crippen molar-refractivity contribution in [2.75, 3.05) is 0 Å². The van der Waals surface area contributed by atoms with E-state index in [0.29, 0.717) is 6.04 Å². The van der Waals surface area contributed by atoms with Gasteiger partial charge in [-0.05, 0) is 62.2 Å². The smallest absolute Gasteiger partial charge is 0.00392 e. The Labute approximate surface area is 74.7 Å². The molecule has 4 aliphatic rings. The summed E-state index contributed by atoms with van der Waals surface area (Å²) >= 11 is 0. The van der Waals surface area contributed by atoms with Gasteiger partial charge in [0.2, 0.25) is 0 Å². The predicted molar refractivity (Wildman–Crippen MR) is 49.7 cm³/mol. The van der Waals surface area contributed by atoms with Crippen molar-refractivity contribution >= 4 is 0 Å². The van der Waals surface area contributed by atoms with E-state index in [-0.39, 0.29) is 0 Å². The third-order valence-electron chi connectivity index (χ3n) is 4.82. The van der Waals surface area contributed by atoms with Crippen LogP contribution in [0, 0.1) is 17.3 Å². The lowest BCUT2D eigenvalue weighted by atomic mass is 9.66. The van der Waals surface area contributed by atoms with Crippen LogP contribution < -0.4 is 5.73 Å². The van der Waals surface area contributed by atoms with Gasteiger partial charge in [-0.25, -0.2) is 0 Å². The lowest BCUT2D eigenvalue weighted by Gasteiger charge is -2.40. The van der Waals surface area contributed by atoms with Crippen molar-refractivity contribution in [2.24, 2.45) is 23.0 Å². The molecule has 0 aromatic rings. The fraction of sp³-hybridized carbons (Fsp3) is 1.00. The van der Waals surface area contributed by atoms with Crippen LogP contribution in [-0.4, -0.2) is 6.04 Å². The maximum Gasteiger partial charge on any atom is 0.00392 e. The number of rotatable bonds is 0. The lowest BCUT2D eigenvalue weighted by molar-refractivity contribution is 0.120. The summed E-state index contributed by atoms with van der Waals surface area (Å²) in [4.78, 5) is 0. The van der Waals surface area contributed by atoms with Crippen LogP contribution in [0.1, 0.15) is 44.9 Å². The Morgan fingerprint density at radius 1 is 1.08 bits per heavy atom. The summed E-state index contributed by atoms with van der Waals surface area (Å²) in [6.45, 7) is 0. The zero-order valence-corrected chi connectivity index (χ0v) is 7.76. The van der Waals surface area contributed by atoms with Gasteiger partial charge in [0.15, 0.2) is 0 Å². The first-order valence-corrected chi connectivity index (χ1v) is 5.54. The van der Waals surface area contributed by atoms with Crippen LogP contribution in [0.3, 0.4) is 0 Å². The normalized spacial score (nSPS) is 57.2. The van der Waals surface area contributed by atoms with E-state index in [1.807, 2.05) is 0 Å². The molecule has 12 heavy (non-hydrogen) atoms. The van der Waals surface area contributed by atoms with Gasteiger partial charge in [0.1, 0.15) is 0 Å². The van der Waals surface area contributed by atoms with Crippen molar-refractivity contribution in [3.05, 3.63) is 0 Å². The number of nitrogens with two attached hydrogens (primary N) is 1. The van der Waals surface area contributed by atoms with Crippen molar-refractivity contribution in [3.63, 3.8) is 0 Å². The highest BCUT2D eigenvalue weighted by atomic mass is 14.7. The highest BCUT2D eigenvalue weighted by molar-refractivity contribution is 5.05. The van der Waals surface area contributed by atoms with Crippen LogP contribution in [0.5, 0.6) is 0 Å². The monoisotopic (exact) mass is 165 g/mol. The second-order valence-electron chi connectivity index (χ2n) is 5.44. The van der Waals surface area contributed by atoms with Crippen LogP contribution in [-0.2, 0) is 0 Å². The Hall–Kier alpha value is -0.0400. The molecular formula is C11H19N. The van der Waals surface area contributed by atoms with Crippen molar-refractivity contribution in [1.29, 1.82) is 0 Å². The third-order valence-corrected chi connectivity index (χ3v) is 4.82. The van der Waals surface area contributed by atoms with Crippen LogP contribution in [0.25, 0.3) is 0 Å². The fourth-order valence-corrected chi connectivity index (χ4v) is 3.97. The molecule has 4 saturated carbocycles. The maximum absolute atomic E-state index is 5.94. The second kappa shape index (κ2) is 2.25. The van der Waals surface area contributed by atoms with Crippen LogP contribution in [0.15, 0.2) is 0 Å². The van der Waals surface area contributed by atoms with Crippen molar-refractivity contribution in [2.45, 2.75) is 51.0 Å². The molecule has 0 aliphatic heterocycles. The summed E-state index contributed by atoms with van der Waals surface area (Å²) in [6.07, 6.45) is 10.2. The first-order chi connectivity index (χ1) is 5.78. The van der Waals surface area contributed by atoms with Crippen LogP contribution in [0.2, 0.25) is 0 Å². The third kappa shape index (κ3) is 0.834. The molecular weight excluding hydrogens is 146 g/mol. The van der Waals surface area contributed by atoms with E-state index in [1.165, 1.54) is 25.7 Å². The van der Waals surface area contributed by atoms with Gasteiger partial charge < -0.3 is 5.73 Å². The summed E-state index contributed by atoms with van der Waals surface area (Å²) in [7, 11) is 0. The first kappa shape index (κ1) is 7.37. The average Bonchev–Trinajstić information content (AvgIpc) is 2.49. The van der Waals surface area contributed by atoms with Crippen molar-refractivity contribution in [1.82, 2.24) is 0 Å². The SMILES string of the molecule is NC1CCC2(CC1)CC1CC2C1. The van der Waals surface area contributed by atoms with Gasteiger partial charge in [0.05, 0.1) is 0 Å². The van der Waals surface area contributed by atoms with Gasteiger partial charge >= 0.3 is 0 Å². The lowest BCUT2D eigenvalue weighted by Crippen LogP contribution is -2.35. The molecule has 2 bridgehead atoms.